The minimum Gasteiger partial charge on any atom is -0.399 e. The Labute approximate surface area is 116 Å². The van der Waals surface area contributed by atoms with Crippen LogP contribution in [-0.2, 0) is 6.42 Å². The van der Waals surface area contributed by atoms with Gasteiger partial charge in [0, 0.05) is 5.69 Å². The fraction of sp³-hybridized carbons (Fsp3) is 0.125. The zero-order chi connectivity index (χ0) is 13.4. The van der Waals surface area contributed by atoms with Crippen molar-refractivity contribution in [1.82, 2.24) is 0 Å². The molecule has 0 heterocycles. The molecule has 96 valence electrons. The SMILES string of the molecule is Nc1ccc2c(c1)CCC2=Cc1ccc(F)cc1Cl. The predicted octanol–water partition coefficient (Wildman–Crippen LogP) is 4.55. The first kappa shape index (κ1) is 12.2. The number of fused-ring (bicyclic) bond motifs is 1. The summed E-state index contributed by atoms with van der Waals surface area (Å²) in [7, 11) is 0. The third kappa shape index (κ3) is 2.36. The molecule has 0 spiro atoms. The molecular weight excluding hydrogens is 261 g/mol. The molecule has 2 aromatic rings. The number of allylic oxidation sites excluding steroid dienone is 1. The number of nitrogen functional groups attached to an aromatic ring is 1. The standard InChI is InChI=1S/C16H13ClFN/c17-16-9-13(18)4-3-12(16)7-10-1-2-11-8-14(19)5-6-15(10)11/h3-9H,1-2,19H2. The van der Waals surface area contributed by atoms with Gasteiger partial charge in [-0.25, -0.2) is 4.39 Å². The molecule has 1 aliphatic rings. The Morgan fingerprint density at radius 3 is 2.74 bits per heavy atom. The van der Waals surface area contributed by atoms with Gasteiger partial charge >= 0.3 is 0 Å². The van der Waals surface area contributed by atoms with Crippen molar-refractivity contribution in [3.8, 4) is 0 Å². The van der Waals surface area contributed by atoms with Crippen LogP contribution in [0.15, 0.2) is 36.4 Å². The highest BCUT2D eigenvalue weighted by molar-refractivity contribution is 6.32. The van der Waals surface area contributed by atoms with Crippen LogP contribution in [-0.4, -0.2) is 0 Å². The summed E-state index contributed by atoms with van der Waals surface area (Å²) in [6, 6.07) is 10.4. The van der Waals surface area contributed by atoms with E-state index >= 15 is 0 Å². The lowest BCUT2D eigenvalue weighted by Gasteiger charge is -2.04. The van der Waals surface area contributed by atoms with E-state index in [1.54, 1.807) is 6.07 Å². The fourth-order valence-electron chi connectivity index (χ4n) is 2.49. The third-order valence-corrected chi connectivity index (χ3v) is 3.76. The second-order valence-electron chi connectivity index (χ2n) is 4.75. The van der Waals surface area contributed by atoms with Crippen molar-refractivity contribution in [3.05, 3.63) is 63.9 Å². The van der Waals surface area contributed by atoms with Gasteiger partial charge in [-0.15, -0.1) is 0 Å². The molecule has 0 aliphatic heterocycles. The minimum atomic E-state index is -0.313. The zero-order valence-corrected chi connectivity index (χ0v) is 11.0. The molecule has 0 amide bonds. The van der Waals surface area contributed by atoms with Crippen molar-refractivity contribution >= 4 is 28.9 Å². The van der Waals surface area contributed by atoms with Crippen molar-refractivity contribution in [2.45, 2.75) is 12.8 Å². The van der Waals surface area contributed by atoms with Gasteiger partial charge in [0.2, 0.25) is 0 Å². The highest BCUT2D eigenvalue weighted by Crippen LogP contribution is 2.35. The number of aryl methyl sites for hydroxylation is 1. The number of hydrogen-bond donors (Lipinski definition) is 1. The molecule has 0 bridgehead atoms. The Bertz CT molecular complexity index is 676. The smallest absolute Gasteiger partial charge is 0.124 e. The summed E-state index contributed by atoms with van der Waals surface area (Å²) in [5.74, 6) is -0.313. The number of nitrogens with two attached hydrogens (primary N) is 1. The molecule has 0 fully saturated rings. The summed E-state index contributed by atoms with van der Waals surface area (Å²) in [6.45, 7) is 0. The van der Waals surface area contributed by atoms with E-state index in [-0.39, 0.29) is 5.82 Å². The summed E-state index contributed by atoms with van der Waals surface area (Å²) in [5, 5.41) is 0.441. The Kier molecular flexibility index (Phi) is 3.03. The Morgan fingerprint density at radius 1 is 1.11 bits per heavy atom. The topological polar surface area (TPSA) is 26.0 Å². The summed E-state index contributed by atoms with van der Waals surface area (Å²) in [6.07, 6.45) is 3.99. The van der Waals surface area contributed by atoms with Gasteiger partial charge in [-0.3, -0.25) is 0 Å². The summed E-state index contributed by atoms with van der Waals surface area (Å²) < 4.78 is 13.0. The highest BCUT2D eigenvalue weighted by atomic mass is 35.5. The van der Waals surface area contributed by atoms with Gasteiger partial charge in [0.25, 0.3) is 0 Å². The Hall–Kier alpha value is -1.80. The van der Waals surface area contributed by atoms with Crippen LogP contribution in [0.25, 0.3) is 11.6 Å². The lowest BCUT2D eigenvalue weighted by molar-refractivity contribution is 0.628. The summed E-state index contributed by atoms with van der Waals surface area (Å²) >= 11 is 6.06. The maximum absolute atomic E-state index is 13.0. The second kappa shape index (κ2) is 4.71. The first-order valence-corrected chi connectivity index (χ1v) is 6.56. The van der Waals surface area contributed by atoms with E-state index in [9.17, 15) is 4.39 Å². The average molecular weight is 274 g/mol. The number of anilines is 1. The fourth-order valence-corrected chi connectivity index (χ4v) is 2.72. The first-order chi connectivity index (χ1) is 9.13. The van der Waals surface area contributed by atoms with Crippen molar-refractivity contribution < 1.29 is 4.39 Å². The van der Waals surface area contributed by atoms with E-state index in [1.807, 2.05) is 24.3 Å². The second-order valence-corrected chi connectivity index (χ2v) is 5.16. The zero-order valence-electron chi connectivity index (χ0n) is 10.3. The van der Waals surface area contributed by atoms with E-state index in [2.05, 4.69) is 0 Å². The van der Waals surface area contributed by atoms with E-state index < -0.39 is 0 Å². The van der Waals surface area contributed by atoms with Gasteiger partial charge in [0.1, 0.15) is 5.82 Å². The molecule has 19 heavy (non-hydrogen) atoms. The molecular formula is C16H13ClFN. The Morgan fingerprint density at radius 2 is 1.95 bits per heavy atom. The molecule has 1 nitrogen and oxygen atoms in total. The number of halogens is 2. The van der Waals surface area contributed by atoms with Crippen LogP contribution in [0.1, 0.15) is 23.1 Å². The van der Waals surface area contributed by atoms with Crippen LogP contribution in [0.4, 0.5) is 10.1 Å². The van der Waals surface area contributed by atoms with Gasteiger partial charge in [-0.1, -0.05) is 23.7 Å². The normalized spacial score (nSPS) is 15.8. The first-order valence-electron chi connectivity index (χ1n) is 6.18. The lowest BCUT2D eigenvalue weighted by atomic mass is 10.0. The van der Waals surface area contributed by atoms with Gasteiger partial charge < -0.3 is 5.73 Å². The van der Waals surface area contributed by atoms with Gasteiger partial charge in [0.05, 0.1) is 5.02 Å². The molecule has 0 atom stereocenters. The highest BCUT2D eigenvalue weighted by Gasteiger charge is 2.16. The molecule has 0 saturated carbocycles. The summed E-state index contributed by atoms with van der Waals surface area (Å²) in [4.78, 5) is 0. The summed E-state index contributed by atoms with van der Waals surface area (Å²) in [5.41, 5.74) is 11.1. The monoisotopic (exact) mass is 273 g/mol. The van der Waals surface area contributed by atoms with Crippen molar-refractivity contribution in [2.75, 3.05) is 5.73 Å². The van der Waals surface area contributed by atoms with Gasteiger partial charge in [-0.2, -0.15) is 0 Å². The molecule has 3 heteroatoms. The maximum Gasteiger partial charge on any atom is 0.124 e. The van der Waals surface area contributed by atoms with Crippen LogP contribution >= 0.6 is 11.6 Å². The van der Waals surface area contributed by atoms with E-state index in [1.165, 1.54) is 28.8 Å². The molecule has 3 rings (SSSR count). The molecule has 2 aromatic carbocycles. The van der Waals surface area contributed by atoms with E-state index in [0.29, 0.717) is 5.02 Å². The van der Waals surface area contributed by atoms with Crippen molar-refractivity contribution in [2.24, 2.45) is 0 Å². The van der Waals surface area contributed by atoms with Gasteiger partial charge in [-0.05, 0) is 65.4 Å². The van der Waals surface area contributed by atoms with Crippen LogP contribution in [0.3, 0.4) is 0 Å². The molecule has 2 N–H and O–H groups in total. The molecule has 0 radical (unpaired) electrons. The number of benzene rings is 2. The van der Waals surface area contributed by atoms with Crippen LogP contribution in [0, 0.1) is 5.82 Å². The third-order valence-electron chi connectivity index (χ3n) is 3.43. The van der Waals surface area contributed by atoms with Crippen LogP contribution < -0.4 is 5.73 Å². The lowest BCUT2D eigenvalue weighted by Crippen LogP contribution is -1.88. The van der Waals surface area contributed by atoms with Crippen LogP contribution in [0.5, 0.6) is 0 Å². The largest absolute Gasteiger partial charge is 0.399 e. The molecule has 1 aliphatic carbocycles. The van der Waals surface area contributed by atoms with Crippen molar-refractivity contribution in [1.29, 1.82) is 0 Å². The number of rotatable bonds is 1. The molecule has 0 aromatic heterocycles. The Balaban J connectivity index is 2.03. The van der Waals surface area contributed by atoms with Gasteiger partial charge in [0.15, 0.2) is 0 Å². The quantitative estimate of drug-likeness (QED) is 0.758. The average Bonchev–Trinajstić information content (AvgIpc) is 2.75. The molecule has 0 saturated heterocycles. The van der Waals surface area contributed by atoms with Crippen LogP contribution in [0.2, 0.25) is 5.02 Å². The van der Waals surface area contributed by atoms with Crippen molar-refractivity contribution in [3.63, 3.8) is 0 Å². The van der Waals surface area contributed by atoms with E-state index in [0.717, 1.165) is 24.1 Å². The predicted molar refractivity (Wildman–Crippen MR) is 78.5 cm³/mol. The maximum atomic E-state index is 13.0. The number of hydrogen-bond acceptors (Lipinski definition) is 1. The molecule has 0 unspecified atom stereocenters. The minimum absolute atomic E-state index is 0.313. The van der Waals surface area contributed by atoms with E-state index in [4.69, 9.17) is 17.3 Å².